The molecule has 0 aliphatic heterocycles. The highest BCUT2D eigenvalue weighted by atomic mass is 16.5. The number of benzene rings is 2. The van der Waals surface area contributed by atoms with Crippen molar-refractivity contribution in [2.24, 2.45) is 5.92 Å². The van der Waals surface area contributed by atoms with Gasteiger partial charge in [-0.25, -0.2) is 0 Å². The lowest BCUT2D eigenvalue weighted by Crippen LogP contribution is -2.03. The smallest absolute Gasteiger partial charge is 0.166 e. The third-order valence-corrected chi connectivity index (χ3v) is 4.32. The minimum Gasteiger partial charge on any atom is -0.490 e. The fourth-order valence-electron chi connectivity index (χ4n) is 2.84. The van der Waals surface area contributed by atoms with Crippen LogP contribution < -0.4 is 4.74 Å². The highest BCUT2D eigenvalue weighted by Gasteiger charge is 2.43. The fraction of sp³-hybridized carbons (Fsp3) is 0.316. The minimum absolute atomic E-state index is 0.155. The van der Waals surface area contributed by atoms with Gasteiger partial charge in [-0.3, -0.25) is 4.79 Å². The van der Waals surface area contributed by atoms with E-state index in [-0.39, 0.29) is 11.7 Å². The van der Waals surface area contributed by atoms with Crippen LogP contribution in [0.1, 0.15) is 41.1 Å². The van der Waals surface area contributed by atoms with Gasteiger partial charge in [-0.15, -0.1) is 0 Å². The van der Waals surface area contributed by atoms with Gasteiger partial charge in [0.25, 0.3) is 0 Å². The Balaban J connectivity index is 1.43. The first-order valence-electron chi connectivity index (χ1n) is 7.67. The Morgan fingerprint density at radius 2 is 1.67 bits per heavy atom. The molecular formula is C19H18O2. The molecule has 2 aliphatic carbocycles. The molecule has 0 spiro atoms. The quantitative estimate of drug-likeness (QED) is 0.766. The molecule has 0 bridgehead atoms. The molecule has 2 aromatic rings. The lowest BCUT2D eigenvalue weighted by molar-refractivity contribution is 0.0965. The zero-order valence-corrected chi connectivity index (χ0v) is 11.9. The van der Waals surface area contributed by atoms with E-state index in [0.717, 1.165) is 30.6 Å². The molecule has 0 saturated heterocycles. The molecule has 2 aliphatic rings. The summed E-state index contributed by atoms with van der Waals surface area (Å²) in [5.74, 6) is 1.70. The molecule has 2 nitrogen and oxygen atoms in total. The standard InChI is InChI=1S/C19H18O2/c20-19(18-12-17(18)13-4-2-1-3-5-13)14-6-8-15(9-7-14)21-16-10-11-16/h1-9,16-18H,10-12H2. The van der Waals surface area contributed by atoms with Crippen molar-refractivity contribution in [2.75, 3.05) is 0 Å². The Kier molecular flexibility index (Phi) is 3.03. The van der Waals surface area contributed by atoms with Gasteiger partial charge in [-0.1, -0.05) is 30.3 Å². The van der Waals surface area contributed by atoms with Gasteiger partial charge in [-0.2, -0.15) is 0 Å². The summed E-state index contributed by atoms with van der Waals surface area (Å²) in [5, 5.41) is 0. The zero-order chi connectivity index (χ0) is 14.2. The molecule has 106 valence electrons. The largest absolute Gasteiger partial charge is 0.490 e. The van der Waals surface area contributed by atoms with Crippen LogP contribution in [0, 0.1) is 5.92 Å². The van der Waals surface area contributed by atoms with Gasteiger partial charge in [0.15, 0.2) is 5.78 Å². The van der Waals surface area contributed by atoms with Gasteiger partial charge in [0.2, 0.25) is 0 Å². The van der Waals surface area contributed by atoms with E-state index < -0.39 is 0 Å². The van der Waals surface area contributed by atoms with Gasteiger partial charge < -0.3 is 4.74 Å². The van der Waals surface area contributed by atoms with Gasteiger partial charge in [0.1, 0.15) is 5.75 Å². The molecule has 0 N–H and O–H groups in total. The Labute approximate surface area is 124 Å². The first kappa shape index (κ1) is 12.6. The van der Waals surface area contributed by atoms with Crippen LogP contribution in [0.4, 0.5) is 0 Å². The van der Waals surface area contributed by atoms with Crippen molar-refractivity contribution < 1.29 is 9.53 Å². The molecule has 0 heterocycles. The molecule has 0 radical (unpaired) electrons. The second-order valence-electron chi connectivity index (χ2n) is 6.07. The van der Waals surface area contributed by atoms with Gasteiger partial charge in [-0.05, 0) is 55.0 Å². The van der Waals surface area contributed by atoms with Crippen LogP contribution in [-0.4, -0.2) is 11.9 Å². The second-order valence-corrected chi connectivity index (χ2v) is 6.07. The van der Waals surface area contributed by atoms with Gasteiger partial charge in [0.05, 0.1) is 6.10 Å². The van der Waals surface area contributed by atoms with Crippen LogP contribution in [0.15, 0.2) is 54.6 Å². The number of carbonyl (C=O) groups is 1. The number of ketones is 1. The molecular weight excluding hydrogens is 260 g/mol. The summed E-state index contributed by atoms with van der Waals surface area (Å²) in [6.45, 7) is 0. The van der Waals surface area contributed by atoms with E-state index in [0.29, 0.717) is 12.0 Å². The maximum absolute atomic E-state index is 12.5. The number of carbonyl (C=O) groups excluding carboxylic acids is 1. The highest BCUT2D eigenvalue weighted by molar-refractivity contribution is 6.00. The zero-order valence-electron chi connectivity index (χ0n) is 11.9. The SMILES string of the molecule is O=C(c1ccc(OC2CC2)cc1)C1CC1c1ccccc1. The normalized spacial score (nSPS) is 23.6. The monoisotopic (exact) mass is 278 g/mol. The molecule has 2 aromatic carbocycles. The van der Waals surface area contributed by atoms with E-state index in [1.54, 1.807) is 0 Å². The summed E-state index contributed by atoms with van der Waals surface area (Å²) in [7, 11) is 0. The van der Waals surface area contributed by atoms with Crippen molar-refractivity contribution in [1.82, 2.24) is 0 Å². The first-order valence-corrected chi connectivity index (χ1v) is 7.67. The van der Waals surface area contributed by atoms with Crippen LogP contribution >= 0.6 is 0 Å². The van der Waals surface area contributed by atoms with Crippen molar-refractivity contribution in [3.05, 3.63) is 65.7 Å². The predicted octanol–water partition coefficient (Wildman–Crippen LogP) is 4.21. The van der Waals surface area contributed by atoms with Crippen molar-refractivity contribution in [3.63, 3.8) is 0 Å². The van der Waals surface area contributed by atoms with Crippen LogP contribution in [0.25, 0.3) is 0 Å². The molecule has 4 rings (SSSR count). The van der Waals surface area contributed by atoms with E-state index in [2.05, 4.69) is 12.1 Å². The van der Waals surface area contributed by atoms with Crippen LogP contribution in [0.5, 0.6) is 5.75 Å². The fourth-order valence-corrected chi connectivity index (χ4v) is 2.84. The highest BCUT2D eigenvalue weighted by Crippen LogP contribution is 2.49. The lowest BCUT2D eigenvalue weighted by atomic mass is 10.0. The number of Topliss-reactive ketones (excluding diaryl/α,β-unsaturated/α-hetero) is 1. The molecule has 2 atom stereocenters. The molecule has 2 heteroatoms. The minimum atomic E-state index is 0.155. The van der Waals surface area contributed by atoms with Crippen molar-refractivity contribution >= 4 is 5.78 Å². The molecule has 2 saturated carbocycles. The molecule has 2 fully saturated rings. The van der Waals surface area contributed by atoms with Crippen molar-refractivity contribution in [1.29, 1.82) is 0 Å². The summed E-state index contributed by atoms with van der Waals surface area (Å²) < 4.78 is 5.72. The van der Waals surface area contributed by atoms with Gasteiger partial charge in [0, 0.05) is 11.5 Å². The Bertz CT molecular complexity index is 641. The number of hydrogen-bond acceptors (Lipinski definition) is 2. The number of rotatable bonds is 5. The Morgan fingerprint density at radius 3 is 2.33 bits per heavy atom. The van der Waals surface area contributed by atoms with E-state index in [9.17, 15) is 4.79 Å². The summed E-state index contributed by atoms with van der Waals surface area (Å²) in [5.41, 5.74) is 2.09. The average molecular weight is 278 g/mol. The molecule has 21 heavy (non-hydrogen) atoms. The van der Waals surface area contributed by atoms with E-state index >= 15 is 0 Å². The summed E-state index contributed by atoms with van der Waals surface area (Å²) >= 11 is 0. The number of hydrogen-bond donors (Lipinski definition) is 0. The topological polar surface area (TPSA) is 26.3 Å². The Morgan fingerprint density at radius 1 is 0.952 bits per heavy atom. The molecule has 2 unspecified atom stereocenters. The van der Waals surface area contributed by atoms with Crippen LogP contribution in [0.2, 0.25) is 0 Å². The lowest BCUT2D eigenvalue weighted by Gasteiger charge is -2.05. The summed E-state index contributed by atoms with van der Waals surface area (Å²) in [4.78, 5) is 12.5. The first-order chi connectivity index (χ1) is 10.3. The van der Waals surface area contributed by atoms with Crippen LogP contribution in [0.3, 0.4) is 0 Å². The third-order valence-electron chi connectivity index (χ3n) is 4.32. The van der Waals surface area contributed by atoms with Crippen molar-refractivity contribution in [2.45, 2.75) is 31.3 Å². The van der Waals surface area contributed by atoms with Crippen LogP contribution in [-0.2, 0) is 0 Å². The maximum atomic E-state index is 12.5. The second kappa shape index (κ2) is 5.03. The predicted molar refractivity (Wildman–Crippen MR) is 81.7 cm³/mol. The average Bonchev–Trinajstić information content (AvgIpc) is 3.43. The van der Waals surface area contributed by atoms with Gasteiger partial charge >= 0.3 is 0 Å². The molecule has 0 amide bonds. The third kappa shape index (κ3) is 2.71. The van der Waals surface area contributed by atoms with E-state index in [1.807, 2.05) is 42.5 Å². The summed E-state index contributed by atoms with van der Waals surface area (Å²) in [6.07, 6.45) is 3.68. The van der Waals surface area contributed by atoms with E-state index in [4.69, 9.17) is 4.74 Å². The Hall–Kier alpha value is -2.09. The van der Waals surface area contributed by atoms with E-state index in [1.165, 1.54) is 5.56 Å². The summed E-state index contributed by atoms with van der Waals surface area (Å²) in [6, 6.07) is 18.0. The molecule has 0 aromatic heterocycles. The maximum Gasteiger partial charge on any atom is 0.166 e. The van der Waals surface area contributed by atoms with Crippen molar-refractivity contribution in [3.8, 4) is 5.75 Å². The number of ether oxygens (including phenoxy) is 1.